The quantitative estimate of drug-likeness (QED) is 0.750. The molecule has 122 valence electrons. The fraction of sp³-hybridized carbons (Fsp3) is 0.158. The molecule has 24 heavy (non-hydrogen) atoms. The highest BCUT2D eigenvalue weighted by Crippen LogP contribution is 2.23. The molecule has 0 bridgehead atoms. The number of aryl methyl sites for hydroxylation is 2. The molecule has 1 heterocycles. The molecule has 0 unspecified atom stereocenters. The fourth-order valence-electron chi connectivity index (χ4n) is 2.59. The number of H-pyrrole nitrogens is 1. The van der Waals surface area contributed by atoms with Gasteiger partial charge in [-0.25, -0.2) is 4.39 Å². The Morgan fingerprint density at radius 2 is 1.96 bits per heavy atom. The highest BCUT2D eigenvalue weighted by atomic mass is 19.1. The van der Waals surface area contributed by atoms with E-state index >= 15 is 0 Å². The molecule has 1 amide bonds. The first-order valence-corrected chi connectivity index (χ1v) is 7.79. The number of carbonyl (C=O) groups excluding carboxylic acids is 1. The lowest BCUT2D eigenvalue weighted by Gasteiger charge is -2.12. The number of para-hydroxylation sites is 1. The first kappa shape index (κ1) is 15.9. The first-order valence-electron chi connectivity index (χ1n) is 7.79. The molecular weight excluding hydrogens is 305 g/mol. The maximum Gasteiger partial charge on any atom is 0.273 e. The number of aromatic nitrogens is 2. The van der Waals surface area contributed by atoms with E-state index in [-0.39, 0.29) is 11.7 Å². The van der Waals surface area contributed by atoms with Gasteiger partial charge in [-0.2, -0.15) is 5.10 Å². The predicted octanol–water partition coefficient (Wildman–Crippen LogP) is 4.34. The van der Waals surface area contributed by atoms with E-state index in [0.717, 1.165) is 28.8 Å². The summed E-state index contributed by atoms with van der Waals surface area (Å²) in [6.45, 7) is 4.01. The van der Waals surface area contributed by atoms with Crippen molar-refractivity contribution in [3.63, 3.8) is 0 Å². The third-order valence-electron chi connectivity index (χ3n) is 3.94. The van der Waals surface area contributed by atoms with Crippen LogP contribution in [0.3, 0.4) is 0 Å². The van der Waals surface area contributed by atoms with Crippen molar-refractivity contribution < 1.29 is 9.18 Å². The van der Waals surface area contributed by atoms with Crippen LogP contribution in [0.25, 0.3) is 11.3 Å². The molecule has 0 radical (unpaired) electrons. The van der Waals surface area contributed by atoms with Crippen LogP contribution in [-0.4, -0.2) is 16.1 Å². The molecule has 0 atom stereocenters. The summed E-state index contributed by atoms with van der Waals surface area (Å²) in [5.41, 5.74) is 4.64. The summed E-state index contributed by atoms with van der Waals surface area (Å²) in [6, 6.07) is 13.6. The Balaban J connectivity index is 1.83. The Kier molecular flexibility index (Phi) is 4.42. The second-order valence-corrected chi connectivity index (χ2v) is 5.59. The Hall–Kier alpha value is -2.95. The molecule has 3 rings (SSSR count). The van der Waals surface area contributed by atoms with E-state index in [1.54, 1.807) is 18.2 Å². The van der Waals surface area contributed by atoms with Crippen molar-refractivity contribution in [2.75, 3.05) is 5.32 Å². The van der Waals surface area contributed by atoms with Gasteiger partial charge in [0, 0.05) is 11.3 Å². The van der Waals surface area contributed by atoms with Gasteiger partial charge in [0.25, 0.3) is 5.91 Å². The van der Waals surface area contributed by atoms with E-state index in [1.807, 2.05) is 32.0 Å². The van der Waals surface area contributed by atoms with Gasteiger partial charge >= 0.3 is 0 Å². The number of nitrogens with one attached hydrogen (secondary N) is 2. The Bertz CT molecular complexity index is 869. The molecule has 2 aromatic carbocycles. The van der Waals surface area contributed by atoms with E-state index in [9.17, 15) is 9.18 Å². The number of rotatable bonds is 4. The largest absolute Gasteiger partial charge is 0.320 e. The van der Waals surface area contributed by atoms with E-state index in [1.165, 1.54) is 12.1 Å². The fourth-order valence-corrected chi connectivity index (χ4v) is 2.59. The van der Waals surface area contributed by atoms with Gasteiger partial charge in [0.15, 0.2) is 0 Å². The van der Waals surface area contributed by atoms with Crippen LogP contribution in [0, 0.1) is 12.7 Å². The number of hydrogen-bond donors (Lipinski definition) is 2. The number of amides is 1. The van der Waals surface area contributed by atoms with Crippen molar-refractivity contribution in [1.29, 1.82) is 0 Å². The van der Waals surface area contributed by atoms with Gasteiger partial charge in [0.2, 0.25) is 0 Å². The van der Waals surface area contributed by atoms with E-state index in [4.69, 9.17) is 0 Å². The van der Waals surface area contributed by atoms with E-state index in [0.29, 0.717) is 11.4 Å². The lowest BCUT2D eigenvalue weighted by Crippen LogP contribution is -2.14. The third-order valence-corrected chi connectivity index (χ3v) is 3.94. The number of hydrogen-bond acceptors (Lipinski definition) is 2. The molecule has 0 fully saturated rings. The van der Waals surface area contributed by atoms with Crippen LogP contribution in [-0.2, 0) is 6.42 Å². The SMILES string of the molecule is CCc1cccc(C)c1NC(=O)c1cc(-c2ccc(F)cc2)n[nH]1. The summed E-state index contributed by atoms with van der Waals surface area (Å²) in [5, 5.41) is 9.83. The van der Waals surface area contributed by atoms with Crippen LogP contribution < -0.4 is 5.32 Å². The minimum atomic E-state index is -0.307. The van der Waals surface area contributed by atoms with Gasteiger partial charge in [-0.1, -0.05) is 25.1 Å². The summed E-state index contributed by atoms with van der Waals surface area (Å²) in [5.74, 6) is -0.557. The average molecular weight is 323 g/mol. The van der Waals surface area contributed by atoms with Crippen molar-refractivity contribution >= 4 is 11.6 Å². The highest BCUT2D eigenvalue weighted by molar-refractivity contribution is 6.04. The molecule has 5 heteroatoms. The molecule has 0 saturated carbocycles. The number of carbonyl (C=O) groups is 1. The molecule has 0 aliphatic heterocycles. The van der Waals surface area contributed by atoms with Gasteiger partial charge in [-0.15, -0.1) is 0 Å². The third kappa shape index (κ3) is 3.20. The molecule has 0 aliphatic rings. The Morgan fingerprint density at radius 1 is 1.21 bits per heavy atom. The number of halogens is 1. The normalized spacial score (nSPS) is 10.6. The Morgan fingerprint density at radius 3 is 2.67 bits per heavy atom. The zero-order chi connectivity index (χ0) is 17.1. The van der Waals surface area contributed by atoms with Gasteiger partial charge in [-0.05, 0) is 54.8 Å². The maximum absolute atomic E-state index is 13.0. The minimum absolute atomic E-state index is 0.250. The van der Waals surface area contributed by atoms with Gasteiger partial charge in [0.1, 0.15) is 11.5 Å². The summed E-state index contributed by atoms with van der Waals surface area (Å²) in [4.78, 5) is 12.5. The van der Waals surface area contributed by atoms with Crippen LogP contribution in [0.1, 0.15) is 28.5 Å². The minimum Gasteiger partial charge on any atom is -0.320 e. The molecule has 1 aromatic heterocycles. The summed E-state index contributed by atoms with van der Waals surface area (Å²) in [6.07, 6.45) is 0.834. The molecule has 0 saturated heterocycles. The van der Waals surface area contributed by atoms with Crippen molar-refractivity contribution in [2.24, 2.45) is 0 Å². The Labute approximate surface area is 139 Å². The zero-order valence-corrected chi connectivity index (χ0v) is 13.6. The lowest BCUT2D eigenvalue weighted by molar-refractivity contribution is 0.102. The summed E-state index contributed by atoms with van der Waals surface area (Å²) < 4.78 is 13.0. The number of aromatic amines is 1. The van der Waals surface area contributed by atoms with Crippen LogP contribution in [0.5, 0.6) is 0 Å². The van der Waals surface area contributed by atoms with Crippen LogP contribution >= 0.6 is 0 Å². The van der Waals surface area contributed by atoms with Crippen LogP contribution in [0.2, 0.25) is 0 Å². The van der Waals surface area contributed by atoms with Gasteiger partial charge in [0.05, 0.1) is 5.69 Å². The molecule has 0 spiro atoms. The molecule has 3 aromatic rings. The van der Waals surface area contributed by atoms with Gasteiger partial charge in [-0.3, -0.25) is 9.89 Å². The predicted molar refractivity (Wildman–Crippen MR) is 92.5 cm³/mol. The molecular formula is C19H18FN3O. The van der Waals surface area contributed by atoms with Crippen molar-refractivity contribution in [3.05, 3.63) is 71.2 Å². The number of anilines is 1. The second-order valence-electron chi connectivity index (χ2n) is 5.59. The van der Waals surface area contributed by atoms with E-state index in [2.05, 4.69) is 15.5 Å². The van der Waals surface area contributed by atoms with Crippen LogP contribution in [0.15, 0.2) is 48.5 Å². The van der Waals surface area contributed by atoms with E-state index < -0.39 is 0 Å². The standard InChI is InChI=1S/C19H18FN3O/c1-3-13-6-4-5-12(2)18(13)21-19(24)17-11-16(22-23-17)14-7-9-15(20)10-8-14/h4-11H,3H2,1-2H3,(H,21,24)(H,22,23). The van der Waals surface area contributed by atoms with Crippen molar-refractivity contribution in [2.45, 2.75) is 20.3 Å². The topological polar surface area (TPSA) is 57.8 Å². The molecule has 0 aliphatic carbocycles. The van der Waals surface area contributed by atoms with Gasteiger partial charge < -0.3 is 5.32 Å². The summed E-state index contributed by atoms with van der Waals surface area (Å²) >= 11 is 0. The second kappa shape index (κ2) is 6.66. The van der Waals surface area contributed by atoms with Crippen molar-refractivity contribution in [1.82, 2.24) is 10.2 Å². The zero-order valence-electron chi connectivity index (χ0n) is 13.6. The average Bonchev–Trinajstić information content (AvgIpc) is 3.07. The van der Waals surface area contributed by atoms with Crippen molar-refractivity contribution in [3.8, 4) is 11.3 Å². The first-order chi connectivity index (χ1) is 11.6. The highest BCUT2D eigenvalue weighted by Gasteiger charge is 2.14. The molecule has 2 N–H and O–H groups in total. The lowest BCUT2D eigenvalue weighted by atomic mass is 10.1. The number of benzene rings is 2. The molecule has 4 nitrogen and oxygen atoms in total. The monoisotopic (exact) mass is 323 g/mol. The smallest absolute Gasteiger partial charge is 0.273 e. The number of nitrogens with zero attached hydrogens (tertiary/aromatic N) is 1. The summed E-state index contributed by atoms with van der Waals surface area (Å²) in [7, 11) is 0. The van der Waals surface area contributed by atoms with Crippen LogP contribution in [0.4, 0.5) is 10.1 Å². The maximum atomic E-state index is 13.0.